The van der Waals surface area contributed by atoms with E-state index in [-0.39, 0.29) is 41.6 Å². The van der Waals surface area contributed by atoms with Crippen molar-refractivity contribution >= 4 is 40.5 Å². The fourth-order valence-corrected chi connectivity index (χ4v) is 4.28. The van der Waals surface area contributed by atoms with Crippen LogP contribution in [0.25, 0.3) is 0 Å². The van der Waals surface area contributed by atoms with Crippen LogP contribution >= 0.6 is 0 Å². The number of anilines is 3. The molecule has 3 amide bonds. The summed E-state index contributed by atoms with van der Waals surface area (Å²) in [5.41, 5.74) is 6.03. The standard InChI is InChI=1S/C25H25F2N5O4/c26-25(27)36-19-6-2-1-5-18(19)30-22-17(21(28)23(29)34)12-14-32(24(22)35)16-10-8-15(9-11-16)31-13-4-3-7-20(31)33/h1-2,5-6,8-11,25,28,30H,3-4,7,12-14H2,(H2,29,34). The second-order valence-electron chi connectivity index (χ2n) is 8.32. The van der Waals surface area contributed by atoms with Crippen molar-refractivity contribution in [3.63, 3.8) is 0 Å². The Morgan fingerprint density at radius 3 is 2.28 bits per heavy atom. The Morgan fingerprint density at radius 1 is 0.972 bits per heavy atom. The van der Waals surface area contributed by atoms with Gasteiger partial charge in [-0.05, 0) is 55.7 Å². The van der Waals surface area contributed by atoms with E-state index in [0.29, 0.717) is 18.7 Å². The van der Waals surface area contributed by atoms with Gasteiger partial charge in [-0.2, -0.15) is 8.78 Å². The minimum atomic E-state index is -3.09. The minimum Gasteiger partial charge on any atom is -0.433 e. The lowest BCUT2D eigenvalue weighted by molar-refractivity contribution is -0.119. The molecule has 0 bridgehead atoms. The van der Waals surface area contributed by atoms with Crippen LogP contribution in [0.4, 0.5) is 25.8 Å². The average Bonchev–Trinajstić information content (AvgIpc) is 2.86. The predicted octanol–water partition coefficient (Wildman–Crippen LogP) is 3.41. The predicted molar refractivity (Wildman–Crippen MR) is 130 cm³/mol. The van der Waals surface area contributed by atoms with E-state index < -0.39 is 24.1 Å². The van der Waals surface area contributed by atoms with Crippen LogP contribution in [0.5, 0.6) is 5.75 Å². The highest BCUT2D eigenvalue weighted by atomic mass is 19.3. The second kappa shape index (κ2) is 10.5. The highest BCUT2D eigenvalue weighted by Gasteiger charge is 2.32. The average molecular weight is 498 g/mol. The summed E-state index contributed by atoms with van der Waals surface area (Å²) in [4.78, 5) is 40.7. The number of halogens is 2. The number of carbonyl (C=O) groups excluding carboxylic acids is 3. The highest BCUT2D eigenvalue weighted by Crippen LogP contribution is 2.32. The van der Waals surface area contributed by atoms with E-state index in [9.17, 15) is 23.2 Å². The van der Waals surface area contributed by atoms with Gasteiger partial charge in [-0.15, -0.1) is 0 Å². The molecule has 4 N–H and O–H groups in total. The zero-order chi connectivity index (χ0) is 25.8. The number of carbonyl (C=O) groups is 3. The number of nitrogens with two attached hydrogens (primary N) is 1. The molecule has 0 saturated carbocycles. The number of piperidine rings is 1. The number of alkyl halides is 2. The van der Waals surface area contributed by atoms with E-state index in [1.807, 2.05) is 0 Å². The molecule has 2 aromatic carbocycles. The zero-order valence-electron chi connectivity index (χ0n) is 19.3. The van der Waals surface area contributed by atoms with Gasteiger partial charge in [0.1, 0.15) is 17.2 Å². The van der Waals surface area contributed by atoms with Gasteiger partial charge in [0.2, 0.25) is 5.91 Å². The second-order valence-corrected chi connectivity index (χ2v) is 8.32. The molecule has 0 aliphatic carbocycles. The first-order valence-corrected chi connectivity index (χ1v) is 11.4. The molecule has 2 aliphatic heterocycles. The zero-order valence-corrected chi connectivity index (χ0v) is 19.3. The molecule has 188 valence electrons. The number of hydrogen-bond donors (Lipinski definition) is 3. The van der Waals surface area contributed by atoms with Gasteiger partial charge in [0.15, 0.2) is 0 Å². The van der Waals surface area contributed by atoms with E-state index in [2.05, 4.69) is 10.1 Å². The molecule has 2 heterocycles. The molecule has 0 radical (unpaired) electrons. The van der Waals surface area contributed by atoms with Crippen LogP contribution < -0.4 is 25.6 Å². The fourth-order valence-electron chi connectivity index (χ4n) is 4.28. The molecule has 9 nitrogen and oxygen atoms in total. The number of rotatable bonds is 8. The van der Waals surface area contributed by atoms with Crippen molar-refractivity contribution in [3.8, 4) is 5.75 Å². The molecule has 2 aliphatic rings. The summed E-state index contributed by atoms with van der Waals surface area (Å²) in [6, 6.07) is 12.7. The van der Waals surface area contributed by atoms with Gasteiger partial charge in [-0.1, -0.05) is 12.1 Å². The van der Waals surface area contributed by atoms with Crippen LogP contribution in [-0.4, -0.2) is 43.1 Å². The van der Waals surface area contributed by atoms with E-state index in [0.717, 1.165) is 18.5 Å². The third kappa shape index (κ3) is 5.19. The summed E-state index contributed by atoms with van der Waals surface area (Å²) >= 11 is 0. The Hall–Kier alpha value is -4.28. The maximum Gasteiger partial charge on any atom is 0.387 e. The number of ether oxygens (including phenoxy) is 1. The number of primary amides is 1. The first-order valence-electron chi connectivity index (χ1n) is 11.4. The van der Waals surface area contributed by atoms with Crippen molar-refractivity contribution in [2.75, 3.05) is 28.2 Å². The van der Waals surface area contributed by atoms with Crippen LogP contribution in [0.1, 0.15) is 25.7 Å². The molecule has 11 heteroatoms. The third-order valence-corrected chi connectivity index (χ3v) is 6.05. The first-order chi connectivity index (χ1) is 17.3. The van der Waals surface area contributed by atoms with Crippen LogP contribution in [0.3, 0.4) is 0 Å². The maximum atomic E-state index is 13.5. The van der Waals surface area contributed by atoms with Crippen LogP contribution in [-0.2, 0) is 14.4 Å². The molecule has 2 aromatic rings. The Labute approximate surface area is 206 Å². The number of hydrogen-bond acceptors (Lipinski definition) is 6. The van der Waals surface area contributed by atoms with Gasteiger partial charge in [0.05, 0.1) is 5.69 Å². The normalized spacial score (nSPS) is 16.4. The lowest BCUT2D eigenvalue weighted by Crippen LogP contribution is -2.42. The molecule has 1 saturated heterocycles. The quantitative estimate of drug-likeness (QED) is 0.482. The number of nitrogens with zero attached hydrogens (tertiary/aromatic N) is 2. The lowest BCUT2D eigenvalue weighted by Gasteiger charge is -2.32. The monoisotopic (exact) mass is 497 g/mol. The molecule has 36 heavy (non-hydrogen) atoms. The number of para-hydroxylation sites is 2. The SMILES string of the molecule is N=C(C(N)=O)C1=C(Nc2ccccc2OC(F)F)C(=O)N(c2ccc(N3CCCCC3=O)cc2)CC1. The molecular formula is C25H25F2N5O4. The van der Waals surface area contributed by atoms with Gasteiger partial charge < -0.3 is 25.6 Å². The van der Waals surface area contributed by atoms with Crippen LogP contribution in [0.15, 0.2) is 59.8 Å². The number of amides is 3. The Kier molecular flexibility index (Phi) is 7.28. The molecule has 4 rings (SSSR count). The summed E-state index contributed by atoms with van der Waals surface area (Å²) in [6.45, 7) is -2.29. The summed E-state index contributed by atoms with van der Waals surface area (Å²) < 4.78 is 30.3. The molecule has 0 atom stereocenters. The smallest absolute Gasteiger partial charge is 0.387 e. The van der Waals surface area contributed by atoms with E-state index in [1.54, 1.807) is 35.2 Å². The Balaban J connectivity index is 1.65. The van der Waals surface area contributed by atoms with E-state index >= 15 is 0 Å². The molecule has 0 aromatic heterocycles. The summed E-state index contributed by atoms with van der Waals surface area (Å²) in [7, 11) is 0. The summed E-state index contributed by atoms with van der Waals surface area (Å²) in [5, 5.41) is 10.9. The van der Waals surface area contributed by atoms with Gasteiger partial charge in [0, 0.05) is 36.5 Å². The largest absolute Gasteiger partial charge is 0.433 e. The van der Waals surface area contributed by atoms with E-state index in [4.69, 9.17) is 11.1 Å². The highest BCUT2D eigenvalue weighted by molar-refractivity contribution is 6.44. The van der Waals surface area contributed by atoms with Crippen molar-refractivity contribution in [3.05, 3.63) is 59.8 Å². The molecule has 1 fully saturated rings. The molecular weight excluding hydrogens is 472 g/mol. The van der Waals surface area contributed by atoms with Crippen LogP contribution in [0.2, 0.25) is 0 Å². The van der Waals surface area contributed by atoms with Crippen molar-refractivity contribution in [2.45, 2.75) is 32.3 Å². The Morgan fingerprint density at radius 2 is 1.64 bits per heavy atom. The number of nitrogens with one attached hydrogen (secondary N) is 2. The number of benzene rings is 2. The first kappa shape index (κ1) is 24.8. The Bertz CT molecular complexity index is 1230. The molecule has 0 unspecified atom stereocenters. The van der Waals surface area contributed by atoms with Gasteiger partial charge >= 0.3 is 6.61 Å². The summed E-state index contributed by atoms with van der Waals surface area (Å²) in [6.07, 6.45) is 2.41. The van der Waals surface area contributed by atoms with Gasteiger partial charge in [-0.3, -0.25) is 19.8 Å². The van der Waals surface area contributed by atoms with Crippen molar-refractivity contribution < 1.29 is 27.9 Å². The van der Waals surface area contributed by atoms with Crippen molar-refractivity contribution in [1.82, 2.24) is 0 Å². The van der Waals surface area contributed by atoms with Crippen molar-refractivity contribution in [2.24, 2.45) is 5.73 Å². The van der Waals surface area contributed by atoms with Gasteiger partial charge in [-0.25, -0.2) is 0 Å². The molecule has 0 spiro atoms. The minimum absolute atomic E-state index is 0.0526. The lowest BCUT2D eigenvalue weighted by atomic mass is 9.98. The maximum absolute atomic E-state index is 13.5. The third-order valence-electron chi connectivity index (χ3n) is 6.05. The van der Waals surface area contributed by atoms with Gasteiger partial charge in [0.25, 0.3) is 11.8 Å². The van der Waals surface area contributed by atoms with Crippen LogP contribution in [0, 0.1) is 5.41 Å². The topological polar surface area (TPSA) is 129 Å². The summed E-state index contributed by atoms with van der Waals surface area (Å²) in [5.74, 6) is -1.74. The van der Waals surface area contributed by atoms with Crippen molar-refractivity contribution in [1.29, 1.82) is 5.41 Å². The van der Waals surface area contributed by atoms with E-state index in [1.165, 1.54) is 23.1 Å². The fraction of sp³-hybridized carbons (Fsp3) is 0.280.